The molecule has 1 heterocycles. The van der Waals surface area contributed by atoms with E-state index in [1.54, 1.807) is 29.2 Å². The fourth-order valence-corrected chi connectivity index (χ4v) is 2.55. The lowest BCUT2D eigenvalue weighted by atomic mass is 9.90. The molecular weight excluding hydrogens is 323 g/mol. The standard InChI is InChI=1S/C19H23FN2O3/c1-18(2,3)25-17(23)22-10-8-19(24,9-11-22)7-6-14-4-5-16(20)15(12-14)13-21/h4-7,12,24H,8-11H2,1-3H3/b7-6+. The van der Waals surface area contributed by atoms with Gasteiger partial charge in [0.1, 0.15) is 17.5 Å². The van der Waals surface area contributed by atoms with E-state index in [0.717, 1.165) is 0 Å². The van der Waals surface area contributed by atoms with Gasteiger partial charge in [-0.1, -0.05) is 18.2 Å². The summed E-state index contributed by atoms with van der Waals surface area (Å²) in [7, 11) is 0. The maximum atomic E-state index is 13.3. The van der Waals surface area contributed by atoms with Crippen LogP contribution in [0, 0.1) is 17.1 Å². The summed E-state index contributed by atoms with van der Waals surface area (Å²) >= 11 is 0. The van der Waals surface area contributed by atoms with Gasteiger partial charge in [0.2, 0.25) is 0 Å². The zero-order valence-electron chi connectivity index (χ0n) is 14.8. The Kier molecular flexibility index (Phi) is 5.48. The smallest absolute Gasteiger partial charge is 0.410 e. The molecule has 1 aromatic carbocycles. The lowest BCUT2D eigenvalue weighted by Crippen LogP contribution is -2.47. The highest BCUT2D eigenvalue weighted by atomic mass is 19.1. The van der Waals surface area contributed by atoms with Crippen molar-refractivity contribution in [2.75, 3.05) is 13.1 Å². The first kappa shape index (κ1) is 18.9. The van der Waals surface area contributed by atoms with E-state index < -0.39 is 17.0 Å². The van der Waals surface area contributed by atoms with Crippen molar-refractivity contribution in [1.29, 1.82) is 5.26 Å². The number of rotatable bonds is 2. The molecule has 0 bridgehead atoms. The Labute approximate surface area is 147 Å². The van der Waals surface area contributed by atoms with E-state index in [1.165, 1.54) is 12.1 Å². The van der Waals surface area contributed by atoms with E-state index in [0.29, 0.717) is 31.5 Å². The Hall–Kier alpha value is -2.39. The van der Waals surface area contributed by atoms with Crippen molar-refractivity contribution in [2.24, 2.45) is 0 Å². The van der Waals surface area contributed by atoms with Gasteiger partial charge in [-0.2, -0.15) is 5.26 Å². The Morgan fingerprint density at radius 3 is 2.60 bits per heavy atom. The van der Waals surface area contributed by atoms with Gasteiger partial charge in [0.15, 0.2) is 0 Å². The van der Waals surface area contributed by atoms with Crippen LogP contribution >= 0.6 is 0 Å². The van der Waals surface area contributed by atoms with Crippen LogP contribution in [-0.4, -0.2) is 40.4 Å². The molecule has 1 N–H and O–H groups in total. The molecule has 0 aromatic heterocycles. The quantitative estimate of drug-likeness (QED) is 0.890. The number of nitrogens with zero attached hydrogens (tertiary/aromatic N) is 2. The summed E-state index contributed by atoms with van der Waals surface area (Å²) in [6.07, 6.45) is 3.71. The van der Waals surface area contributed by atoms with Gasteiger partial charge in [-0.3, -0.25) is 0 Å². The molecule has 1 aromatic rings. The summed E-state index contributed by atoms with van der Waals surface area (Å²) < 4.78 is 18.7. The summed E-state index contributed by atoms with van der Waals surface area (Å²) in [4.78, 5) is 13.6. The van der Waals surface area contributed by atoms with E-state index in [-0.39, 0.29) is 11.7 Å². The molecule has 0 atom stereocenters. The van der Waals surface area contributed by atoms with Crippen LogP contribution in [0.3, 0.4) is 0 Å². The largest absolute Gasteiger partial charge is 0.444 e. The molecule has 2 rings (SSSR count). The van der Waals surface area contributed by atoms with Crippen LogP contribution in [0.25, 0.3) is 6.08 Å². The molecule has 25 heavy (non-hydrogen) atoms. The van der Waals surface area contributed by atoms with Gasteiger partial charge in [-0.25, -0.2) is 9.18 Å². The van der Waals surface area contributed by atoms with Crippen molar-refractivity contribution in [3.05, 3.63) is 41.2 Å². The van der Waals surface area contributed by atoms with Gasteiger partial charge in [0.05, 0.1) is 11.2 Å². The topological polar surface area (TPSA) is 73.6 Å². The molecule has 1 amide bonds. The number of halogens is 1. The Morgan fingerprint density at radius 2 is 2.04 bits per heavy atom. The number of hydrogen-bond donors (Lipinski definition) is 1. The first-order valence-corrected chi connectivity index (χ1v) is 8.21. The fourth-order valence-electron chi connectivity index (χ4n) is 2.55. The predicted octanol–water partition coefficient (Wildman–Crippen LogP) is 3.47. The molecule has 1 saturated heterocycles. The Balaban J connectivity index is 1.98. The van der Waals surface area contributed by atoms with Gasteiger partial charge in [0, 0.05) is 13.1 Å². The summed E-state index contributed by atoms with van der Waals surface area (Å²) in [6.45, 7) is 6.22. The Bertz CT molecular complexity index is 708. The van der Waals surface area contributed by atoms with Crippen LogP contribution in [0.5, 0.6) is 0 Å². The minimum absolute atomic E-state index is 0.0334. The fraction of sp³-hybridized carbons (Fsp3) is 0.474. The lowest BCUT2D eigenvalue weighted by molar-refractivity contribution is -0.00827. The van der Waals surface area contributed by atoms with Gasteiger partial charge in [0.25, 0.3) is 0 Å². The van der Waals surface area contributed by atoms with Gasteiger partial charge >= 0.3 is 6.09 Å². The van der Waals surface area contributed by atoms with Crippen LogP contribution in [0.15, 0.2) is 24.3 Å². The highest BCUT2D eigenvalue weighted by Gasteiger charge is 2.33. The molecule has 0 unspecified atom stereocenters. The van der Waals surface area contributed by atoms with E-state index in [4.69, 9.17) is 10.00 Å². The third-order valence-corrected chi connectivity index (χ3v) is 3.98. The first-order valence-electron chi connectivity index (χ1n) is 8.21. The molecule has 1 fully saturated rings. The Morgan fingerprint density at radius 1 is 1.40 bits per heavy atom. The number of ether oxygens (including phenoxy) is 1. The molecule has 0 saturated carbocycles. The molecular formula is C19H23FN2O3. The third-order valence-electron chi connectivity index (χ3n) is 3.98. The van der Waals surface area contributed by atoms with E-state index >= 15 is 0 Å². The predicted molar refractivity (Wildman–Crippen MR) is 92.1 cm³/mol. The monoisotopic (exact) mass is 346 g/mol. The van der Waals surface area contributed by atoms with Crippen molar-refractivity contribution in [3.63, 3.8) is 0 Å². The zero-order valence-corrected chi connectivity index (χ0v) is 14.8. The second-order valence-electron chi connectivity index (χ2n) is 7.26. The zero-order chi connectivity index (χ0) is 18.7. The molecule has 6 heteroatoms. The molecule has 5 nitrogen and oxygen atoms in total. The average Bonchev–Trinajstić information content (AvgIpc) is 2.53. The molecule has 134 valence electrons. The number of amides is 1. The number of piperidine rings is 1. The molecule has 1 aliphatic heterocycles. The second-order valence-corrected chi connectivity index (χ2v) is 7.26. The molecule has 0 aliphatic carbocycles. The number of hydrogen-bond acceptors (Lipinski definition) is 4. The van der Waals surface area contributed by atoms with Gasteiger partial charge in [-0.15, -0.1) is 0 Å². The maximum absolute atomic E-state index is 13.3. The minimum Gasteiger partial charge on any atom is -0.444 e. The van der Waals surface area contributed by atoms with Crippen molar-refractivity contribution in [1.82, 2.24) is 4.90 Å². The maximum Gasteiger partial charge on any atom is 0.410 e. The van der Waals surface area contributed by atoms with Crippen molar-refractivity contribution in [3.8, 4) is 6.07 Å². The minimum atomic E-state index is -1.04. The lowest BCUT2D eigenvalue weighted by Gasteiger charge is -2.37. The van der Waals surface area contributed by atoms with Crippen LogP contribution in [-0.2, 0) is 4.74 Å². The number of aliphatic hydroxyl groups is 1. The number of carbonyl (C=O) groups is 1. The first-order chi connectivity index (χ1) is 11.6. The normalized spacial score (nSPS) is 17.4. The third kappa shape index (κ3) is 5.30. The number of carbonyl (C=O) groups excluding carboxylic acids is 1. The van der Waals surface area contributed by atoms with Crippen molar-refractivity contribution < 1.29 is 19.0 Å². The second kappa shape index (κ2) is 7.24. The van der Waals surface area contributed by atoms with E-state index in [2.05, 4.69) is 0 Å². The van der Waals surface area contributed by atoms with Crippen LogP contribution < -0.4 is 0 Å². The van der Waals surface area contributed by atoms with Crippen LogP contribution in [0.4, 0.5) is 9.18 Å². The van der Waals surface area contributed by atoms with Gasteiger partial charge in [-0.05, 0) is 51.3 Å². The summed E-state index contributed by atoms with van der Waals surface area (Å²) in [5.41, 5.74) is -0.985. The number of benzene rings is 1. The molecule has 1 aliphatic rings. The highest BCUT2D eigenvalue weighted by molar-refractivity contribution is 5.68. The number of likely N-dealkylation sites (tertiary alicyclic amines) is 1. The SMILES string of the molecule is CC(C)(C)OC(=O)N1CCC(O)(/C=C/c2ccc(F)c(C#N)c2)CC1. The van der Waals surface area contributed by atoms with Crippen LogP contribution in [0.2, 0.25) is 0 Å². The number of nitriles is 1. The molecule has 0 radical (unpaired) electrons. The molecule has 0 spiro atoms. The van der Waals surface area contributed by atoms with E-state index in [9.17, 15) is 14.3 Å². The summed E-state index contributed by atoms with van der Waals surface area (Å²) in [5.74, 6) is -0.566. The van der Waals surface area contributed by atoms with Crippen LogP contribution in [0.1, 0.15) is 44.7 Å². The van der Waals surface area contributed by atoms with E-state index in [1.807, 2.05) is 20.8 Å². The summed E-state index contributed by atoms with van der Waals surface area (Å²) in [6, 6.07) is 6.00. The summed E-state index contributed by atoms with van der Waals surface area (Å²) in [5, 5.41) is 19.5. The highest BCUT2D eigenvalue weighted by Crippen LogP contribution is 2.26. The average molecular weight is 346 g/mol. The van der Waals surface area contributed by atoms with Gasteiger partial charge < -0.3 is 14.7 Å². The van der Waals surface area contributed by atoms with Crippen molar-refractivity contribution in [2.45, 2.75) is 44.8 Å². The van der Waals surface area contributed by atoms with Crippen molar-refractivity contribution >= 4 is 12.2 Å².